The maximum atomic E-state index is 11.1. The second-order valence-corrected chi connectivity index (χ2v) is 3.61. The summed E-state index contributed by atoms with van der Waals surface area (Å²) < 4.78 is 5.14. The monoisotopic (exact) mass is 256 g/mol. The first-order valence-corrected chi connectivity index (χ1v) is 5.82. The van der Waals surface area contributed by atoms with Gasteiger partial charge in [-0.15, -0.1) is 0 Å². The molecule has 2 N–H and O–H groups in total. The molecule has 104 valence electrons. The zero-order valence-electron chi connectivity index (χ0n) is 11.7. The van der Waals surface area contributed by atoms with Gasteiger partial charge in [-0.25, -0.2) is 4.79 Å². The maximum absolute atomic E-state index is 11.1. The fraction of sp³-hybridized carbons (Fsp3) is 0.538. The second kappa shape index (κ2) is 10.5. The van der Waals surface area contributed by atoms with Crippen molar-refractivity contribution in [1.82, 2.24) is 4.90 Å². The van der Waals surface area contributed by atoms with Crippen LogP contribution < -0.4 is 5.73 Å². The second-order valence-electron chi connectivity index (χ2n) is 3.61. The van der Waals surface area contributed by atoms with Crippen molar-refractivity contribution in [2.75, 3.05) is 13.1 Å². The van der Waals surface area contributed by atoms with Crippen molar-refractivity contribution in [3.05, 3.63) is 24.8 Å². The Morgan fingerprint density at radius 1 is 1.39 bits per heavy atom. The molecule has 0 spiro atoms. The van der Waals surface area contributed by atoms with Crippen LogP contribution in [0.4, 0.5) is 0 Å². The van der Waals surface area contributed by atoms with Crippen molar-refractivity contribution >= 4 is 11.9 Å². The molecule has 1 amide bonds. The molecule has 5 heteroatoms. The van der Waals surface area contributed by atoms with Crippen molar-refractivity contribution < 1.29 is 14.3 Å². The molecule has 0 rings (SSSR count). The van der Waals surface area contributed by atoms with Gasteiger partial charge in [0.1, 0.15) is 0 Å². The van der Waals surface area contributed by atoms with Gasteiger partial charge < -0.3 is 10.5 Å². The smallest absolute Gasteiger partial charge is 0.334 e. The van der Waals surface area contributed by atoms with E-state index in [2.05, 4.69) is 23.8 Å². The lowest BCUT2D eigenvalue weighted by atomic mass is 10.3. The number of nitrogens with two attached hydrogens (primary N) is 1. The van der Waals surface area contributed by atoms with E-state index in [4.69, 9.17) is 4.74 Å². The van der Waals surface area contributed by atoms with E-state index in [9.17, 15) is 9.59 Å². The molecule has 0 aliphatic rings. The van der Waals surface area contributed by atoms with Gasteiger partial charge in [-0.05, 0) is 33.0 Å². The Labute approximate surface area is 109 Å². The highest BCUT2D eigenvalue weighted by Gasteiger charge is 2.14. The Hall–Kier alpha value is -1.62. The molecule has 0 aliphatic heterocycles. The molecule has 1 unspecified atom stereocenters. The average Bonchev–Trinajstić information content (AvgIpc) is 2.31. The van der Waals surface area contributed by atoms with Crippen LogP contribution in [0.2, 0.25) is 0 Å². The number of carbonyl (C=O) groups is 2. The number of hydrogen-bond acceptors (Lipinski definition) is 4. The molecule has 0 heterocycles. The van der Waals surface area contributed by atoms with E-state index in [1.54, 1.807) is 6.92 Å². The third-order valence-corrected chi connectivity index (χ3v) is 2.15. The summed E-state index contributed by atoms with van der Waals surface area (Å²) in [4.78, 5) is 22.7. The Morgan fingerprint density at radius 2 is 1.78 bits per heavy atom. The number of rotatable bonds is 6. The van der Waals surface area contributed by atoms with Crippen LogP contribution in [-0.4, -0.2) is 36.1 Å². The lowest BCUT2D eigenvalue weighted by molar-refractivity contribution is -0.152. The van der Waals surface area contributed by atoms with Gasteiger partial charge in [0.25, 0.3) is 0 Å². The molecule has 0 fully saturated rings. The average molecular weight is 256 g/mol. The SMILES string of the molecule is C=C(C)C(=O)OC(C)N(CC)CC.C=CC(N)=O. The normalized spacial score (nSPS) is 10.9. The van der Waals surface area contributed by atoms with Crippen LogP contribution in [0.15, 0.2) is 24.8 Å². The van der Waals surface area contributed by atoms with E-state index in [0.29, 0.717) is 5.57 Å². The number of esters is 1. The van der Waals surface area contributed by atoms with Gasteiger partial charge in [0.2, 0.25) is 5.91 Å². The minimum atomic E-state index is -0.481. The van der Waals surface area contributed by atoms with E-state index in [1.165, 1.54) is 0 Å². The van der Waals surface area contributed by atoms with E-state index >= 15 is 0 Å². The summed E-state index contributed by atoms with van der Waals surface area (Å²) in [5.74, 6) is -0.801. The van der Waals surface area contributed by atoms with Crippen LogP contribution in [0.5, 0.6) is 0 Å². The standard InChI is InChI=1S/C10H19NO2.C3H5NO/c1-6-11(7-2)9(5)13-10(12)8(3)4;1-2-3(4)5/h9H,3,6-7H2,1-2,4-5H3;2H,1H2,(H2,4,5). The Bertz CT molecular complexity index is 297. The van der Waals surface area contributed by atoms with Gasteiger partial charge >= 0.3 is 5.97 Å². The Kier molecular flexibility index (Phi) is 11.0. The zero-order valence-corrected chi connectivity index (χ0v) is 11.7. The van der Waals surface area contributed by atoms with Crippen molar-refractivity contribution in [2.24, 2.45) is 5.73 Å². The molecule has 18 heavy (non-hydrogen) atoms. The molecular weight excluding hydrogens is 232 g/mol. The third kappa shape index (κ3) is 9.59. The minimum Gasteiger partial charge on any atom is -0.443 e. The molecule has 0 aliphatic carbocycles. The fourth-order valence-electron chi connectivity index (χ4n) is 1.07. The fourth-order valence-corrected chi connectivity index (χ4v) is 1.07. The number of hydrogen-bond donors (Lipinski definition) is 1. The highest BCUT2D eigenvalue weighted by molar-refractivity contribution is 5.87. The zero-order chi connectivity index (χ0) is 14.7. The van der Waals surface area contributed by atoms with E-state index < -0.39 is 5.91 Å². The molecule has 1 atom stereocenters. The molecule has 5 nitrogen and oxygen atoms in total. The molecule has 0 aromatic carbocycles. The Morgan fingerprint density at radius 3 is 2.00 bits per heavy atom. The summed E-state index contributed by atoms with van der Waals surface area (Å²) in [5, 5.41) is 0. The lowest BCUT2D eigenvalue weighted by Crippen LogP contribution is -2.36. The molecule has 0 saturated heterocycles. The van der Waals surface area contributed by atoms with Crippen molar-refractivity contribution in [3.63, 3.8) is 0 Å². The van der Waals surface area contributed by atoms with Crippen molar-refractivity contribution in [2.45, 2.75) is 33.9 Å². The van der Waals surface area contributed by atoms with Crippen LogP contribution in [0, 0.1) is 0 Å². The summed E-state index contributed by atoms with van der Waals surface area (Å²) in [6.45, 7) is 16.0. The topological polar surface area (TPSA) is 72.6 Å². The van der Waals surface area contributed by atoms with Crippen LogP contribution in [0.3, 0.4) is 0 Å². The van der Waals surface area contributed by atoms with Crippen molar-refractivity contribution in [1.29, 1.82) is 0 Å². The maximum Gasteiger partial charge on any atom is 0.334 e. The minimum absolute atomic E-state index is 0.167. The quantitative estimate of drug-likeness (QED) is 0.443. The predicted octanol–water partition coefficient (Wildman–Crippen LogP) is 1.45. The summed E-state index contributed by atoms with van der Waals surface area (Å²) in [6, 6.07) is 0. The molecular formula is C13H24N2O3. The van der Waals surface area contributed by atoms with Gasteiger partial charge in [-0.1, -0.05) is 27.0 Å². The number of amides is 1. The molecule has 0 saturated carbocycles. The molecule has 0 aromatic rings. The summed E-state index contributed by atoms with van der Waals surface area (Å²) in [5.41, 5.74) is 4.98. The van der Waals surface area contributed by atoms with Crippen LogP contribution >= 0.6 is 0 Å². The first kappa shape index (κ1) is 18.7. The number of ether oxygens (including phenoxy) is 1. The van der Waals surface area contributed by atoms with Crippen LogP contribution in [0.25, 0.3) is 0 Å². The molecule has 0 aromatic heterocycles. The lowest BCUT2D eigenvalue weighted by Gasteiger charge is -2.25. The highest BCUT2D eigenvalue weighted by atomic mass is 16.6. The number of carbonyl (C=O) groups excluding carboxylic acids is 2. The van der Waals surface area contributed by atoms with E-state index in [-0.39, 0.29) is 12.2 Å². The van der Waals surface area contributed by atoms with Crippen molar-refractivity contribution in [3.8, 4) is 0 Å². The number of nitrogens with zero attached hydrogens (tertiary/aromatic N) is 1. The summed E-state index contributed by atoms with van der Waals surface area (Å²) >= 11 is 0. The van der Waals surface area contributed by atoms with Gasteiger partial charge in [0.05, 0.1) is 0 Å². The largest absolute Gasteiger partial charge is 0.443 e. The first-order valence-electron chi connectivity index (χ1n) is 5.82. The van der Waals surface area contributed by atoms with E-state index in [0.717, 1.165) is 19.2 Å². The van der Waals surface area contributed by atoms with Gasteiger partial charge in [0, 0.05) is 5.57 Å². The number of primary amides is 1. The van der Waals surface area contributed by atoms with Gasteiger partial charge in [-0.2, -0.15) is 0 Å². The van der Waals surface area contributed by atoms with Crippen LogP contribution in [0.1, 0.15) is 27.7 Å². The van der Waals surface area contributed by atoms with E-state index in [1.807, 2.05) is 20.8 Å². The Balaban J connectivity index is 0. The molecule has 0 radical (unpaired) electrons. The van der Waals surface area contributed by atoms with Crippen LogP contribution in [-0.2, 0) is 14.3 Å². The first-order chi connectivity index (χ1) is 8.29. The third-order valence-electron chi connectivity index (χ3n) is 2.15. The summed E-state index contributed by atoms with van der Waals surface area (Å²) in [7, 11) is 0. The summed E-state index contributed by atoms with van der Waals surface area (Å²) in [6.07, 6.45) is 0.888. The van der Waals surface area contributed by atoms with Gasteiger partial charge in [0.15, 0.2) is 6.23 Å². The van der Waals surface area contributed by atoms with Gasteiger partial charge in [-0.3, -0.25) is 9.69 Å². The highest BCUT2D eigenvalue weighted by Crippen LogP contribution is 2.03. The predicted molar refractivity (Wildman–Crippen MR) is 72.7 cm³/mol. The molecule has 0 bridgehead atoms.